The van der Waals surface area contributed by atoms with Crippen LogP contribution in [0.25, 0.3) is 0 Å². The van der Waals surface area contributed by atoms with Gasteiger partial charge in [0.2, 0.25) is 0 Å². The van der Waals surface area contributed by atoms with Gasteiger partial charge in [-0.05, 0) is 37.0 Å². The molecule has 0 aliphatic carbocycles. The molecule has 1 N–H and O–H groups in total. The highest BCUT2D eigenvalue weighted by molar-refractivity contribution is 5.28. The summed E-state index contributed by atoms with van der Waals surface area (Å²) in [6.45, 7) is 5.27. The van der Waals surface area contributed by atoms with Gasteiger partial charge >= 0.3 is 0 Å². The molecule has 2 atom stereocenters. The molecule has 2 unspecified atom stereocenters. The van der Waals surface area contributed by atoms with Gasteiger partial charge in [-0.15, -0.1) is 0 Å². The maximum absolute atomic E-state index is 9.97. The maximum atomic E-state index is 9.97. The van der Waals surface area contributed by atoms with E-state index in [-0.39, 0.29) is 6.10 Å². The van der Waals surface area contributed by atoms with Crippen LogP contribution in [-0.4, -0.2) is 49.0 Å². The Labute approximate surface area is 127 Å². The number of aliphatic hydroxyl groups excluding tert-OH is 1. The van der Waals surface area contributed by atoms with E-state index < -0.39 is 0 Å². The Morgan fingerprint density at radius 1 is 1.48 bits per heavy atom. The van der Waals surface area contributed by atoms with Crippen molar-refractivity contribution in [3.63, 3.8) is 0 Å². The van der Waals surface area contributed by atoms with Crippen LogP contribution in [0, 0.1) is 0 Å². The van der Waals surface area contributed by atoms with Crippen LogP contribution in [0.4, 0.5) is 0 Å². The predicted molar refractivity (Wildman–Crippen MR) is 83.5 cm³/mol. The minimum absolute atomic E-state index is 0.281. The van der Waals surface area contributed by atoms with E-state index in [4.69, 9.17) is 9.47 Å². The van der Waals surface area contributed by atoms with Crippen LogP contribution in [0.5, 0.6) is 5.75 Å². The summed E-state index contributed by atoms with van der Waals surface area (Å²) in [5, 5.41) is 9.97. The fraction of sp³-hybridized carbons (Fsp3) is 0.647. The van der Waals surface area contributed by atoms with Crippen LogP contribution in [0.15, 0.2) is 24.3 Å². The SMILES string of the molecule is CCC(O)CN(Cc1cccc(OC)c1)CC1CCCO1. The summed E-state index contributed by atoms with van der Waals surface area (Å²) in [5.41, 5.74) is 1.20. The third kappa shape index (κ3) is 5.30. The number of benzene rings is 1. The zero-order chi connectivity index (χ0) is 15.1. The van der Waals surface area contributed by atoms with E-state index in [1.54, 1.807) is 7.11 Å². The van der Waals surface area contributed by atoms with Crippen molar-refractivity contribution in [1.82, 2.24) is 4.90 Å². The van der Waals surface area contributed by atoms with Crippen LogP contribution in [0.2, 0.25) is 0 Å². The number of methoxy groups -OCH3 is 1. The fourth-order valence-electron chi connectivity index (χ4n) is 2.74. The molecule has 1 saturated heterocycles. The number of rotatable bonds is 8. The molecule has 0 radical (unpaired) electrons. The molecule has 4 nitrogen and oxygen atoms in total. The molecule has 4 heteroatoms. The highest BCUT2D eigenvalue weighted by Crippen LogP contribution is 2.18. The van der Waals surface area contributed by atoms with Crippen molar-refractivity contribution in [3.8, 4) is 5.75 Å². The summed E-state index contributed by atoms with van der Waals surface area (Å²) in [6.07, 6.45) is 3.07. The summed E-state index contributed by atoms with van der Waals surface area (Å²) >= 11 is 0. The lowest BCUT2D eigenvalue weighted by Crippen LogP contribution is -2.37. The Balaban J connectivity index is 1.98. The zero-order valence-electron chi connectivity index (χ0n) is 13.1. The van der Waals surface area contributed by atoms with Gasteiger partial charge in [-0.2, -0.15) is 0 Å². The summed E-state index contributed by atoms with van der Waals surface area (Å²) in [6, 6.07) is 8.12. The molecule has 0 amide bonds. The van der Waals surface area contributed by atoms with E-state index in [1.165, 1.54) is 5.56 Å². The van der Waals surface area contributed by atoms with Gasteiger partial charge in [-0.25, -0.2) is 0 Å². The third-order valence-corrected chi connectivity index (χ3v) is 3.97. The van der Waals surface area contributed by atoms with Crippen molar-refractivity contribution in [3.05, 3.63) is 29.8 Å². The van der Waals surface area contributed by atoms with Crippen LogP contribution < -0.4 is 4.74 Å². The summed E-state index contributed by atoms with van der Waals surface area (Å²) in [7, 11) is 1.68. The molecule has 1 aromatic rings. The molecular formula is C17H27NO3. The van der Waals surface area contributed by atoms with E-state index >= 15 is 0 Å². The first kappa shape index (κ1) is 16.3. The monoisotopic (exact) mass is 293 g/mol. The maximum Gasteiger partial charge on any atom is 0.119 e. The van der Waals surface area contributed by atoms with Crippen molar-refractivity contribution in [2.24, 2.45) is 0 Å². The molecule has 1 aliphatic rings. The minimum Gasteiger partial charge on any atom is -0.497 e. The Hall–Kier alpha value is -1.10. The van der Waals surface area contributed by atoms with E-state index in [1.807, 2.05) is 19.1 Å². The van der Waals surface area contributed by atoms with E-state index in [0.717, 1.165) is 44.7 Å². The van der Waals surface area contributed by atoms with Crippen molar-refractivity contribution >= 4 is 0 Å². The molecule has 0 spiro atoms. The lowest BCUT2D eigenvalue weighted by atomic mass is 10.1. The van der Waals surface area contributed by atoms with Gasteiger partial charge in [0.1, 0.15) is 5.75 Å². The number of nitrogens with zero attached hydrogens (tertiary/aromatic N) is 1. The molecular weight excluding hydrogens is 266 g/mol. The molecule has 1 fully saturated rings. The molecule has 0 saturated carbocycles. The van der Waals surface area contributed by atoms with E-state index in [2.05, 4.69) is 17.0 Å². The Bertz CT molecular complexity index is 418. The highest BCUT2D eigenvalue weighted by atomic mass is 16.5. The van der Waals surface area contributed by atoms with Gasteiger partial charge in [0.05, 0.1) is 19.3 Å². The second-order valence-electron chi connectivity index (χ2n) is 5.74. The molecule has 118 valence electrons. The van der Waals surface area contributed by atoms with Gasteiger partial charge in [0.15, 0.2) is 0 Å². The standard InChI is InChI=1S/C17H27NO3/c1-3-15(19)12-18(13-17-8-5-9-21-17)11-14-6-4-7-16(10-14)20-2/h4,6-7,10,15,17,19H,3,5,8-9,11-13H2,1-2H3. The van der Waals surface area contributed by atoms with Gasteiger partial charge in [-0.3, -0.25) is 4.90 Å². The lowest BCUT2D eigenvalue weighted by molar-refractivity contribution is 0.0454. The molecule has 1 aliphatic heterocycles. The van der Waals surface area contributed by atoms with Gasteiger partial charge in [0.25, 0.3) is 0 Å². The first-order valence-electron chi connectivity index (χ1n) is 7.86. The zero-order valence-corrected chi connectivity index (χ0v) is 13.1. The van der Waals surface area contributed by atoms with Crippen LogP contribution >= 0.6 is 0 Å². The molecule has 21 heavy (non-hydrogen) atoms. The van der Waals surface area contributed by atoms with Crippen molar-refractivity contribution < 1.29 is 14.6 Å². The fourth-order valence-corrected chi connectivity index (χ4v) is 2.74. The quantitative estimate of drug-likeness (QED) is 0.799. The number of ether oxygens (including phenoxy) is 2. The Morgan fingerprint density at radius 2 is 2.33 bits per heavy atom. The predicted octanol–water partition coefficient (Wildman–Crippen LogP) is 2.45. The first-order chi connectivity index (χ1) is 10.2. The van der Waals surface area contributed by atoms with Gasteiger partial charge in [-0.1, -0.05) is 19.1 Å². The van der Waals surface area contributed by atoms with Crippen molar-refractivity contribution in [2.75, 3.05) is 26.8 Å². The summed E-state index contributed by atoms with van der Waals surface area (Å²) < 4.78 is 11.0. The highest BCUT2D eigenvalue weighted by Gasteiger charge is 2.20. The van der Waals surface area contributed by atoms with E-state index in [0.29, 0.717) is 12.6 Å². The third-order valence-electron chi connectivity index (χ3n) is 3.97. The molecule has 0 bridgehead atoms. The summed E-state index contributed by atoms with van der Waals surface area (Å²) in [4.78, 5) is 2.29. The number of aliphatic hydroxyl groups is 1. The second kappa shape index (κ2) is 8.37. The largest absolute Gasteiger partial charge is 0.497 e. The van der Waals surface area contributed by atoms with Crippen LogP contribution in [0.3, 0.4) is 0 Å². The average Bonchev–Trinajstić information content (AvgIpc) is 3.00. The molecule has 0 aromatic heterocycles. The minimum atomic E-state index is -0.281. The Morgan fingerprint density at radius 3 is 3.00 bits per heavy atom. The normalized spacial score (nSPS) is 19.9. The molecule has 2 rings (SSSR count). The number of hydrogen-bond donors (Lipinski definition) is 1. The van der Waals surface area contributed by atoms with Gasteiger partial charge < -0.3 is 14.6 Å². The van der Waals surface area contributed by atoms with Crippen molar-refractivity contribution in [2.45, 2.75) is 44.9 Å². The van der Waals surface area contributed by atoms with Crippen LogP contribution in [-0.2, 0) is 11.3 Å². The van der Waals surface area contributed by atoms with E-state index in [9.17, 15) is 5.11 Å². The van der Waals surface area contributed by atoms with Gasteiger partial charge in [0, 0.05) is 26.2 Å². The lowest BCUT2D eigenvalue weighted by Gasteiger charge is -2.27. The Kier molecular flexibility index (Phi) is 6.49. The van der Waals surface area contributed by atoms with Crippen LogP contribution in [0.1, 0.15) is 31.7 Å². The topological polar surface area (TPSA) is 41.9 Å². The molecule has 1 heterocycles. The molecule has 1 aromatic carbocycles. The summed E-state index contributed by atoms with van der Waals surface area (Å²) in [5.74, 6) is 0.876. The van der Waals surface area contributed by atoms with Crippen molar-refractivity contribution in [1.29, 1.82) is 0 Å². The second-order valence-corrected chi connectivity index (χ2v) is 5.74. The first-order valence-corrected chi connectivity index (χ1v) is 7.86. The average molecular weight is 293 g/mol. The number of hydrogen-bond acceptors (Lipinski definition) is 4. The smallest absolute Gasteiger partial charge is 0.119 e.